The van der Waals surface area contributed by atoms with Crippen molar-refractivity contribution in [2.45, 2.75) is 38.6 Å². The summed E-state index contributed by atoms with van der Waals surface area (Å²) in [6.07, 6.45) is 4.57. The van der Waals surface area contributed by atoms with E-state index in [1.54, 1.807) is 29.6 Å². The Morgan fingerprint density at radius 3 is 2.74 bits per heavy atom. The van der Waals surface area contributed by atoms with Crippen LogP contribution in [0.2, 0.25) is 0 Å². The largest absolute Gasteiger partial charge is 0.462 e. The third-order valence-electron chi connectivity index (χ3n) is 5.67. The van der Waals surface area contributed by atoms with Crippen molar-refractivity contribution in [3.8, 4) is 10.4 Å². The topological polar surface area (TPSA) is 60.3 Å². The molecule has 1 saturated carbocycles. The molecular formula is C23H22N2O3S3. The highest BCUT2D eigenvalue weighted by atomic mass is 32.1. The lowest BCUT2D eigenvalue weighted by atomic mass is 10.1. The van der Waals surface area contributed by atoms with Crippen molar-refractivity contribution < 1.29 is 14.3 Å². The van der Waals surface area contributed by atoms with E-state index in [1.807, 2.05) is 29.0 Å². The molecule has 8 heteroatoms. The predicted molar refractivity (Wildman–Crippen MR) is 129 cm³/mol. The highest BCUT2D eigenvalue weighted by Crippen LogP contribution is 2.40. The number of thiophene rings is 3. The molecule has 1 fully saturated rings. The van der Waals surface area contributed by atoms with Gasteiger partial charge < -0.3 is 14.6 Å². The minimum atomic E-state index is -0.408. The Labute approximate surface area is 192 Å². The molecule has 5 nitrogen and oxygen atoms in total. The number of anilines is 1. The summed E-state index contributed by atoms with van der Waals surface area (Å²) in [7, 11) is 0. The molecule has 4 aromatic heterocycles. The molecule has 31 heavy (non-hydrogen) atoms. The molecule has 1 aliphatic carbocycles. The van der Waals surface area contributed by atoms with Gasteiger partial charge in [0.15, 0.2) is 0 Å². The Hall–Kier alpha value is -2.42. The van der Waals surface area contributed by atoms with Crippen molar-refractivity contribution in [2.75, 3.05) is 11.9 Å². The molecule has 1 N–H and O–H groups in total. The second-order valence-electron chi connectivity index (χ2n) is 7.51. The molecule has 160 valence electrons. The zero-order valence-electron chi connectivity index (χ0n) is 17.1. The van der Waals surface area contributed by atoms with Crippen LogP contribution in [-0.4, -0.2) is 23.1 Å². The minimum absolute atomic E-state index is 0.180. The molecular weight excluding hydrogens is 448 g/mol. The quantitative estimate of drug-likeness (QED) is 0.308. The Balaban J connectivity index is 1.52. The summed E-state index contributed by atoms with van der Waals surface area (Å²) in [4.78, 5) is 27.2. The fraction of sp³-hybridized carbons (Fsp3) is 0.304. The fourth-order valence-corrected chi connectivity index (χ4v) is 6.89. The van der Waals surface area contributed by atoms with E-state index in [2.05, 4.69) is 21.3 Å². The van der Waals surface area contributed by atoms with E-state index in [0.717, 1.165) is 33.5 Å². The predicted octanol–water partition coefficient (Wildman–Crippen LogP) is 7.04. The standard InChI is InChI=1S/C23H22N2O3S3/c1-2-28-23(27)20-15(18-8-5-10-29-18)13-31-22(20)24-21(26)17-12-19-16(9-11-30-19)25(17)14-6-3-4-7-14/h5,8-14H,2-4,6-7H2,1H3,(H,24,26). The molecule has 0 unspecified atom stereocenters. The lowest BCUT2D eigenvalue weighted by molar-refractivity contribution is 0.0529. The van der Waals surface area contributed by atoms with Gasteiger partial charge >= 0.3 is 5.97 Å². The SMILES string of the molecule is CCOC(=O)c1c(-c2cccs2)csc1NC(=O)c1cc2sccc2n1C1CCCC1. The monoisotopic (exact) mass is 470 g/mol. The van der Waals surface area contributed by atoms with Crippen LogP contribution in [0.1, 0.15) is 59.5 Å². The normalized spacial score (nSPS) is 14.4. The molecule has 0 aliphatic heterocycles. The number of nitrogens with one attached hydrogen (secondary N) is 1. The number of fused-ring (bicyclic) bond motifs is 1. The number of nitrogens with zero attached hydrogens (tertiary/aromatic N) is 1. The van der Waals surface area contributed by atoms with Crippen LogP contribution in [0, 0.1) is 0 Å². The number of rotatable bonds is 6. The van der Waals surface area contributed by atoms with E-state index in [4.69, 9.17) is 4.74 Å². The Bertz CT molecular complexity index is 1230. The summed E-state index contributed by atoms with van der Waals surface area (Å²) in [6, 6.07) is 8.35. The summed E-state index contributed by atoms with van der Waals surface area (Å²) in [6.45, 7) is 2.07. The molecule has 1 aliphatic rings. The van der Waals surface area contributed by atoms with Crippen molar-refractivity contribution >= 4 is 61.1 Å². The van der Waals surface area contributed by atoms with Crippen molar-refractivity contribution in [1.82, 2.24) is 4.57 Å². The highest BCUT2D eigenvalue weighted by Gasteiger charge is 2.28. The van der Waals surface area contributed by atoms with Crippen LogP contribution in [0.5, 0.6) is 0 Å². The molecule has 4 aromatic rings. The van der Waals surface area contributed by atoms with Gasteiger partial charge in [0.05, 0.1) is 16.8 Å². The maximum Gasteiger partial charge on any atom is 0.341 e. The number of esters is 1. The van der Waals surface area contributed by atoms with Gasteiger partial charge in [0.25, 0.3) is 5.91 Å². The molecule has 1 amide bonds. The molecule has 0 atom stereocenters. The minimum Gasteiger partial charge on any atom is -0.462 e. The van der Waals surface area contributed by atoms with E-state index in [1.165, 1.54) is 24.2 Å². The second kappa shape index (κ2) is 8.61. The van der Waals surface area contributed by atoms with E-state index in [-0.39, 0.29) is 12.5 Å². The van der Waals surface area contributed by atoms with Gasteiger partial charge in [-0.25, -0.2) is 4.79 Å². The summed E-state index contributed by atoms with van der Waals surface area (Å²) in [5.41, 5.74) is 3.03. The van der Waals surface area contributed by atoms with E-state index < -0.39 is 5.97 Å². The van der Waals surface area contributed by atoms with Gasteiger partial charge in [0.1, 0.15) is 16.3 Å². The third-order valence-corrected chi connectivity index (χ3v) is 8.32. The van der Waals surface area contributed by atoms with Gasteiger partial charge in [-0.15, -0.1) is 34.0 Å². The van der Waals surface area contributed by atoms with Crippen LogP contribution in [0.3, 0.4) is 0 Å². The first-order chi connectivity index (χ1) is 15.2. The van der Waals surface area contributed by atoms with Crippen molar-refractivity contribution in [1.29, 1.82) is 0 Å². The summed E-state index contributed by atoms with van der Waals surface area (Å²) in [5.74, 6) is -0.588. The van der Waals surface area contributed by atoms with Crippen molar-refractivity contribution in [2.24, 2.45) is 0 Å². The number of hydrogen-bond donors (Lipinski definition) is 1. The molecule has 5 rings (SSSR count). The molecule has 0 bridgehead atoms. The fourth-order valence-electron chi connectivity index (χ4n) is 4.31. The molecule has 0 saturated heterocycles. The van der Waals surface area contributed by atoms with Gasteiger partial charge in [0, 0.05) is 21.9 Å². The zero-order chi connectivity index (χ0) is 21.4. The second-order valence-corrected chi connectivity index (χ2v) is 10.3. The van der Waals surface area contributed by atoms with Crippen LogP contribution < -0.4 is 5.32 Å². The third kappa shape index (κ3) is 3.73. The van der Waals surface area contributed by atoms with Gasteiger partial charge in [-0.1, -0.05) is 18.9 Å². The first-order valence-corrected chi connectivity index (χ1v) is 13.0. The lowest BCUT2D eigenvalue weighted by Crippen LogP contribution is -2.20. The number of carbonyl (C=O) groups is 2. The number of aromatic nitrogens is 1. The van der Waals surface area contributed by atoms with Crippen LogP contribution in [0.15, 0.2) is 40.4 Å². The summed E-state index contributed by atoms with van der Waals surface area (Å²) < 4.78 is 8.63. The van der Waals surface area contributed by atoms with E-state index in [0.29, 0.717) is 22.3 Å². The number of amides is 1. The molecule has 0 spiro atoms. The van der Waals surface area contributed by atoms with Gasteiger partial charge in [-0.2, -0.15) is 0 Å². The highest BCUT2D eigenvalue weighted by molar-refractivity contribution is 7.17. The molecule has 0 aromatic carbocycles. The van der Waals surface area contributed by atoms with E-state index >= 15 is 0 Å². The summed E-state index contributed by atoms with van der Waals surface area (Å²) in [5, 5.41) is 9.53. The van der Waals surface area contributed by atoms with Crippen LogP contribution >= 0.6 is 34.0 Å². The Morgan fingerprint density at radius 2 is 2.00 bits per heavy atom. The lowest BCUT2D eigenvalue weighted by Gasteiger charge is -2.17. The number of carbonyl (C=O) groups excluding carboxylic acids is 2. The van der Waals surface area contributed by atoms with Gasteiger partial charge in [-0.3, -0.25) is 4.79 Å². The number of hydrogen-bond acceptors (Lipinski definition) is 6. The molecule has 0 radical (unpaired) electrons. The van der Waals surface area contributed by atoms with Crippen LogP contribution in [-0.2, 0) is 4.74 Å². The first-order valence-electron chi connectivity index (χ1n) is 10.4. The number of ether oxygens (including phenoxy) is 1. The van der Waals surface area contributed by atoms with E-state index in [9.17, 15) is 9.59 Å². The van der Waals surface area contributed by atoms with Gasteiger partial charge in [0.2, 0.25) is 0 Å². The van der Waals surface area contributed by atoms with Crippen molar-refractivity contribution in [3.05, 3.63) is 51.7 Å². The zero-order valence-corrected chi connectivity index (χ0v) is 19.5. The smallest absolute Gasteiger partial charge is 0.341 e. The van der Waals surface area contributed by atoms with Crippen LogP contribution in [0.25, 0.3) is 20.7 Å². The average Bonchev–Trinajstić information content (AvgIpc) is 3.56. The summed E-state index contributed by atoms with van der Waals surface area (Å²) >= 11 is 4.58. The van der Waals surface area contributed by atoms with Crippen LogP contribution in [0.4, 0.5) is 5.00 Å². The maximum absolute atomic E-state index is 13.4. The average molecular weight is 471 g/mol. The van der Waals surface area contributed by atoms with Crippen molar-refractivity contribution in [3.63, 3.8) is 0 Å². The molecule has 4 heterocycles. The Morgan fingerprint density at radius 1 is 1.16 bits per heavy atom. The Kier molecular flexibility index (Phi) is 5.69. The first kappa shape index (κ1) is 20.5. The van der Waals surface area contributed by atoms with Gasteiger partial charge in [-0.05, 0) is 48.7 Å². The maximum atomic E-state index is 13.4.